The van der Waals surface area contributed by atoms with Crippen LogP contribution in [0.3, 0.4) is 0 Å². The van der Waals surface area contributed by atoms with Gasteiger partial charge in [-0.1, -0.05) is 18.2 Å². The van der Waals surface area contributed by atoms with Crippen LogP contribution in [0.4, 0.5) is 0 Å². The van der Waals surface area contributed by atoms with E-state index in [9.17, 15) is 9.90 Å². The van der Waals surface area contributed by atoms with Gasteiger partial charge in [-0.05, 0) is 6.07 Å². The molecular formula is C11H14N2O2. The van der Waals surface area contributed by atoms with E-state index in [1.54, 1.807) is 18.2 Å². The van der Waals surface area contributed by atoms with Crippen molar-refractivity contribution in [3.05, 3.63) is 29.8 Å². The minimum absolute atomic E-state index is 0.0389. The molecule has 1 fully saturated rings. The zero-order valence-electron chi connectivity index (χ0n) is 8.36. The fraction of sp³-hybridized carbons (Fsp3) is 0.364. The number of rotatable bonds is 3. The second-order valence-corrected chi connectivity index (χ2v) is 3.73. The Morgan fingerprint density at radius 1 is 1.47 bits per heavy atom. The summed E-state index contributed by atoms with van der Waals surface area (Å²) >= 11 is 0. The third-order valence-corrected chi connectivity index (χ3v) is 2.49. The number of phenolic OH excluding ortho intramolecular Hbond substituents is 1. The highest BCUT2D eigenvalue weighted by Gasteiger charge is 2.18. The standard InChI is InChI=1S/C11H14N2O2/c14-10-4-2-1-3-8(10)5-11(15)13-9-6-12-7-9/h1-4,9,12,14H,5-7H2,(H,13,15). The molecule has 0 bridgehead atoms. The molecule has 1 aromatic rings. The topological polar surface area (TPSA) is 61.4 Å². The monoisotopic (exact) mass is 206 g/mol. The van der Waals surface area contributed by atoms with Crippen molar-refractivity contribution >= 4 is 5.91 Å². The van der Waals surface area contributed by atoms with Crippen molar-refractivity contribution in [1.82, 2.24) is 10.6 Å². The Morgan fingerprint density at radius 2 is 2.20 bits per heavy atom. The number of aromatic hydroxyl groups is 1. The fourth-order valence-electron chi connectivity index (χ4n) is 1.50. The molecular weight excluding hydrogens is 192 g/mol. The summed E-state index contributed by atoms with van der Waals surface area (Å²) < 4.78 is 0. The summed E-state index contributed by atoms with van der Waals surface area (Å²) in [5, 5.41) is 15.4. The van der Waals surface area contributed by atoms with Crippen LogP contribution in [0, 0.1) is 0 Å². The zero-order valence-corrected chi connectivity index (χ0v) is 8.36. The molecule has 1 aliphatic heterocycles. The van der Waals surface area contributed by atoms with Gasteiger partial charge in [-0.3, -0.25) is 4.79 Å². The summed E-state index contributed by atoms with van der Waals surface area (Å²) in [6, 6.07) is 7.16. The maximum Gasteiger partial charge on any atom is 0.224 e. The van der Waals surface area contributed by atoms with Crippen LogP contribution in [0.5, 0.6) is 5.75 Å². The van der Waals surface area contributed by atoms with Gasteiger partial charge in [-0.25, -0.2) is 0 Å². The molecule has 0 saturated carbocycles. The van der Waals surface area contributed by atoms with Gasteiger partial charge in [-0.2, -0.15) is 0 Å². The maximum atomic E-state index is 11.5. The summed E-state index contributed by atoms with van der Waals surface area (Å²) in [6.07, 6.45) is 0.239. The first-order valence-electron chi connectivity index (χ1n) is 5.02. The van der Waals surface area contributed by atoms with Crippen molar-refractivity contribution in [2.75, 3.05) is 13.1 Å². The Kier molecular flexibility index (Phi) is 2.87. The van der Waals surface area contributed by atoms with Gasteiger partial charge in [0.1, 0.15) is 5.75 Å². The lowest BCUT2D eigenvalue weighted by atomic mass is 10.1. The number of para-hydroxylation sites is 1. The van der Waals surface area contributed by atoms with Gasteiger partial charge in [0.2, 0.25) is 5.91 Å². The predicted molar refractivity (Wildman–Crippen MR) is 56.6 cm³/mol. The molecule has 0 atom stereocenters. The Labute approximate surface area is 88.3 Å². The molecule has 1 heterocycles. The Balaban J connectivity index is 1.90. The predicted octanol–water partition coefficient (Wildman–Crippen LogP) is 0.0227. The summed E-state index contributed by atoms with van der Waals surface area (Å²) in [4.78, 5) is 11.5. The maximum absolute atomic E-state index is 11.5. The number of hydrogen-bond acceptors (Lipinski definition) is 3. The van der Waals surface area contributed by atoms with Gasteiger partial charge >= 0.3 is 0 Å². The number of benzene rings is 1. The van der Waals surface area contributed by atoms with E-state index >= 15 is 0 Å². The van der Waals surface area contributed by atoms with Crippen LogP contribution in [-0.4, -0.2) is 30.1 Å². The molecule has 0 unspecified atom stereocenters. The SMILES string of the molecule is O=C(Cc1ccccc1O)NC1CNC1. The minimum Gasteiger partial charge on any atom is -0.508 e. The molecule has 1 aliphatic rings. The Morgan fingerprint density at radius 3 is 2.80 bits per heavy atom. The van der Waals surface area contributed by atoms with Gasteiger partial charge in [0.25, 0.3) is 0 Å². The first kappa shape index (κ1) is 9.98. The van der Waals surface area contributed by atoms with Crippen molar-refractivity contribution < 1.29 is 9.90 Å². The average molecular weight is 206 g/mol. The van der Waals surface area contributed by atoms with Crippen molar-refractivity contribution in [2.45, 2.75) is 12.5 Å². The number of nitrogens with one attached hydrogen (secondary N) is 2. The summed E-state index contributed by atoms with van der Waals surface area (Å²) in [5.41, 5.74) is 0.669. The largest absolute Gasteiger partial charge is 0.508 e. The second-order valence-electron chi connectivity index (χ2n) is 3.73. The fourth-order valence-corrected chi connectivity index (χ4v) is 1.50. The molecule has 1 amide bonds. The van der Waals surface area contributed by atoms with E-state index in [0.29, 0.717) is 5.56 Å². The molecule has 0 radical (unpaired) electrons. The number of carbonyl (C=O) groups excluding carboxylic acids is 1. The second kappa shape index (κ2) is 4.31. The number of hydrogen-bond donors (Lipinski definition) is 3. The van der Waals surface area contributed by atoms with Crippen LogP contribution < -0.4 is 10.6 Å². The third-order valence-electron chi connectivity index (χ3n) is 2.49. The minimum atomic E-state index is -0.0389. The molecule has 1 saturated heterocycles. The van der Waals surface area contributed by atoms with Crippen LogP contribution in [0.25, 0.3) is 0 Å². The van der Waals surface area contributed by atoms with Gasteiger partial charge in [0.05, 0.1) is 12.5 Å². The average Bonchev–Trinajstić information content (AvgIpc) is 2.16. The van der Waals surface area contributed by atoms with E-state index in [4.69, 9.17) is 0 Å². The molecule has 1 aromatic carbocycles. The number of carbonyl (C=O) groups is 1. The zero-order chi connectivity index (χ0) is 10.7. The third kappa shape index (κ3) is 2.47. The molecule has 4 nitrogen and oxygen atoms in total. The van der Waals surface area contributed by atoms with Crippen LogP contribution in [0.1, 0.15) is 5.56 Å². The number of phenols is 1. The first-order valence-corrected chi connectivity index (χ1v) is 5.02. The van der Waals surface area contributed by atoms with Crippen molar-refractivity contribution in [3.8, 4) is 5.75 Å². The van der Waals surface area contributed by atoms with Gasteiger partial charge in [0, 0.05) is 18.7 Å². The Bertz CT molecular complexity index is 361. The van der Waals surface area contributed by atoms with E-state index in [1.807, 2.05) is 6.07 Å². The van der Waals surface area contributed by atoms with Crippen LogP contribution in [0.15, 0.2) is 24.3 Å². The van der Waals surface area contributed by atoms with E-state index in [-0.39, 0.29) is 24.1 Å². The molecule has 4 heteroatoms. The summed E-state index contributed by atoms with van der Waals surface area (Å²) in [6.45, 7) is 1.68. The van der Waals surface area contributed by atoms with Crippen molar-refractivity contribution in [1.29, 1.82) is 0 Å². The summed E-state index contributed by atoms with van der Waals surface area (Å²) in [5.74, 6) is 0.141. The number of amides is 1. The highest BCUT2D eigenvalue weighted by atomic mass is 16.3. The summed E-state index contributed by atoms with van der Waals surface area (Å²) in [7, 11) is 0. The highest BCUT2D eigenvalue weighted by molar-refractivity contribution is 5.79. The quantitative estimate of drug-likeness (QED) is 0.653. The van der Waals surface area contributed by atoms with Crippen LogP contribution >= 0.6 is 0 Å². The van der Waals surface area contributed by atoms with E-state index in [1.165, 1.54) is 0 Å². The molecule has 15 heavy (non-hydrogen) atoms. The van der Waals surface area contributed by atoms with Gasteiger partial charge in [-0.15, -0.1) is 0 Å². The Hall–Kier alpha value is -1.55. The van der Waals surface area contributed by atoms with Crippen LogP contribution in [0.2, 0.25) is 0 Å². The van der Waals surface area contributed by atoms with Crippen molar-refractivity contribution in [3.63, 3.8) is 0 Å². The van der Waals surface area contributed by atoms with Gasteiger partial charge in [0.15, 0.2) is 0 Å². The lowest BCUT2D eigenvalue weighted by Gasteiger charge is -2.27. The van der Waals surface area contributed by atoms with Crippen molar-refractivity contribution in [2.24, 2.45) is 0 Å². The molecule has 2 rings (SSSR count). The van der Waals surface area contributed by atoms with E-state index in [2.05, 4.69) is 10.6 Å². The normalized spacial score (nSPS) is 15.7. The first-order chi connectivity index (χ1) is 7.25. The molecule has 80 valence electrons. The van der Waals surface area contributed by atoms with Crippen LogP contribution in [-0.2, 0) is 11.2 Å². The lowest BCUT2D eigenvalue weighted by molar-refractivity contribution is -0.121. The molecule has 3 N–H and O–H groups in total. The van der Waals surface area contributed by atoms with E-state index in [0.717, 1.165) is 13.1 Å². The molecule has 0 spiro atoms. The smallest absolute Gasteiger partial charge is 0.224 e. The van der Waals surface area contributed by atoms with E-state index < -0.39 is 0 Å². The highest BCUT2D eigenvalue weighted by Crippen LogP contribution is 2.15. The lowest BCUT2D eigenvalue weighted by Crippen LogP contribution is -2.57. The molecule has 0 aromatic heterocycles. The van der Waals surface area contributed by atoms with Gasteiger partial charge < -0.3 is 15.7 Å². The molecule has 0 aliphatic carbocycles.